The van der Waals surface area contributed by atoms with Gasteiger partial charge in [0, 0.05) is 0 Å². The highest BCUT2D eigenvalue weighted by molar-refractivity contribution is 7.80. The van der Waals surface area contributed by atoms with Crippen molar-refractivity contribution in [2.24, 2.45) is 0 Å². The SMILES string of the molecule is OC(c1cccc(F)c1)C(S)c1ccccc1. The van der Waals surface area contributed by atoms with E-state index >= 15 is 0 Å². The quantitative estimate of drug-likeness (QED) is 0.796. The third kappa shape index (κ3) is 2.87. The number of aliphatic hydroxyl groups is 1. The molecule has 0 aliphatic heterocycles. The molecule has 0 spiro atoms. The van der Waals surface area contributed by atoms with Gasteiger partial charge in [0.1, 0.15) is 5.82 Å². The molecule has 1 N–H and O–H groups in total. The van der Waals surface area contributed by atoms with Gasteiger partial charge in [-0.05, 0) is 23.3 Å². The van der Waals surface area contributed by atoms with Gasteiger partial charge in [-0.3, -0.25) is 0 Å². The zero-order chi connectivity index (χ0) is 12.3. The molecule has 1 nitrogen and oxygen atoms in total. The number of benzene rings is 2. The van der Waals surface area contributed by atoms with E-state index in [9.17, 15) is 9.50 Å². The van der Waals surface area contributed by atoms with E-state index < -0.39 is 6.10 Å². The Morgan fingerprint density at radius 1 is 0.941 bits per heavy atom. The van der Waals surface area contributed by atoms with Crippen molar-refractivity contribution in [3.8, 4) is 0 Å². The monoisotopic (exact) mass is 248 g/mol. The van der Waals surface area contributed by atoms with E-state index in [2.05, 4.69) is 12.6 Å². The minimum atomic E-state index is -0.823. The Morgan fingerprint density at radius 2 is 1.59 bits per heavy atom. The molecule has 0 bridgehead atoms. The maximum atomic E-state index is 13.1. The van der Waals surface area contributed by atoms with E-state index in [1.165, 1.54) is 12.1 Å². The molecular weight excluding hydrogens is 235 g/mol. The van der Waals surface area contributed by atoms with Crippen molar-refractivity contribution in [2.45, 2.75) is 11.4 Å². The number of aliphatic hydroxyl groups excluding tert-OH is 1. The van der Waals surface area contributed by atoms with E-state index in [0.717, 1.165) is 5.56 Å². The van der Waals surface area contributed by atoms with Gasteiger partial charge in [-0.2, -0.15) is 12.6 Å². The molecule has 2 aromatic carbocycles. The number of halogens is 1. The molecule has 0 aliphatic carbocycles. The summed E-state index contributed by atoms with van der Waals surface area (Å²) in [5.41, 5.74) is 1.45. The highest BCUT2D eigenvalue weighted by Crippen LogP contribution is 2.33. The molecule has 0 heterocycles. The summed E-state index contributed by atoms with van der Waals surface area (Å²) in [4.78, 5) is 0. The summed E-state index contributed by atoms with van der Waals surface area (Å²) >= 11 is 4.39. The summed E-state index contributed by atoms with van der Waals surface area (Å²) in [6, 6.07) is 15.4. The van der Waals surface area contributed by atoms with Gasteiger partial charge in [-0.15, -0.1) is 0 Å². The Balaban J connectivity index is 2.23. The smallest absolute Gasteiger partial charge is 0.123 e. The van der Waals surface area contributed by atoms with Crippen LogP contribution in [-0.2, 0) is 0 Å². The Labute approximate surface area is 105 Å². The average molecular weight is 248 g/mol. The zero-order valence-corrected chi connectivity index (χ0v) is 10.0. The molecular formula is C14H13FOS. The number of hydrogen-bond donors (Lipinski definition) is 2. The van der Waals surface area contributed by atoms with Crippen LogP contribution in [-0.4, -0.2) is 5.11 Å². The maximum absolute atomic E-state index is 13.1. The zero-order valence-electron chi connectivity index (χ0n) is 9.12. The second kappa shape index (κ2) is 5.34. The Kier molecular flexibility index (Phi) is 3.82. The third-order valence-electron chi connectivity index (χ3n) is 2.63. The summed E-state index contributed by atoms with van der Waals surface area (Å²) in [6.45, 7) is 0. The molecule has 2 aromatic rings. The Hall–Kier alpha value is -1.32. The van der Waals surface area contributed by atoms with Crippen LogP contribution in [0.15, 0.2) is 54.6 Å². The topological polar surface area (TPSA) is 20.2 Å². The van der Waals surface area contributed by atoms with Crippen LogP contribution in [0.4, 0.5) is 4.39 Å². The first-order chi connectivity index (χ1) is 8.18. The predicted octanol–water partition coefficient (Wildman–Crippen LogP) is 3.53. The molecule has 2 rings (SSSR count). The van der Waals surface area contributed by atoms with Crippen molar-refractivity contribution in [1.82, 2.24) is 0 Å². The van der Waals surface area contributed by atoms with Gasteiger partial charge >= 0.3 is 0 Å². The minimum absolute atomic E-state index is 0.352. The van der Waals surface area contributed by atoms with Gasteiger partial charge in [0.2, 0.25) is 0 Å². The van der Waals surface area contributed by atoms with Crippen molar-refractivity contribution in [3.63, 3.8) is 0 Å². The lowest BCUT2D eigenvalue weighted by atomic mass is 10.0. The average Bonchev–Trinajstić information content (AvgIpc) is 2.38. The lowest BCUT2D eigenvalue weighted by Gasteiger charge is -2.18. The maximum Gasteiger partial charge on any atom is 0.123 e. The fraction of sp³-hybridized carbons (Fsp3) is 0.143. The van der Waals surface area contributed by atoms with E-state index in [4.69, 9.17) is 0 Å². The van der Waals surface area contributed by atoms with Crippen molar-refractivity contribution in [1.29, 1.82) is 0 Å². The highest BCUT2D eigenvalue weighted by Gasteiger charge is 2.19. The highest BCUT2D eigenvalue weighted by atomic mass is 32.1. The normalized spacial score (nSPS) is 14.3. The van der Waals surface area contributed by atoms with Gasteiger partial charge in [0.05, 0.1) is 11.4 Å². The lowest BCUT2D eigenvalue weighted by molar-refractivity contribution is 0.175. The summed E-state index contributed by atoms with van der Waals surface area (Å²) in [7, 11) is 0. The van der Waals surface area contributed by atoms with Gasteiger partial charge in [-0.1, -0.05) is 42.5 Å². The van der Waals surface area contributed by atoms with Crippen LogP contribution in [0, 0.1) is 5.82 Å². The van der Waals surface area contributed by atoms with Crippen LogP contribution in [0.1, 0.15) is 22.5 Å². The molecule has 0 fully saturated rings. The van der Waals surface area contributed by atoms with E-state index in [0.29, 0.717) is 5.56 Å². The summed E-state index contributed by atoms with van der Waals surface area (Å²) in [5.74, 6) is -0.352. The first-order valence-electron chi connectivity index (χ1n) is 5.35. The molecule has 3 heteroatoms. The molecule has 0 aromatic heterocycles. The molecule has 88 valence electrons. The van der Waals surface area contributed by atoms with Crippen LogP contribution < -0.4 is 0 Å². The van der Waals surface area contributed by atoms with Crippen LogP contribution >= 0.6 is 12.6 Å². The van der Waals surface area contributed by atoms with Crippen molar-refractivity contribution in [2.75, 3.05) is 0 Å². The standard InChI is InChI=1S/C14H13FOS/c15-12-8-4-7-11(9-12)13(16)14(17)10-5-2-1-3-6-10/h1-9,13-14,16-17H. The largest absolute Gasteiger partial charge is 0.387 e. The van der Waals surface area contributed by atoms with Gasteiger partial charge in [0.15, 0.2) is 0 Å². The number of hydrogen-bond acceptors (Lipinski definition) is 2. The summed E-state index contributed by atoms with van der Waals surface area (Å²) in [5, 5.41) is 9.76. The van der Waals surface area contributed by atoms with Crippen LogP contribution in [0.2, 0.25) is 0 Å². The van der Waals surface area contributed by atoms with Gasteiger partial charge in [0.25, 0.3) is 0 Å². The Bertz CT molecular complexity index is 487. The molecule has 0 aliphatic rings. The first-order valence-corrected chi connectivity index (χ1v) is 5.86. The molecule has 0 radical (unpaired) electrons. The molecule has 2 atom stereocenters. The van der Waals surface area contributed by atoms with Crippen molar-refractivity contribution in [3.05, 3.63) is 71.5 Å². The lowest BCUT2D eigenvalue weighted by Crippen LogP contribution is -2.05. The molecule has 2 unspecified atom stereocenters. The summed E-state index contributed by atoms with van der Waals surface area (Å²) in [6.07, 6.45) is -0.823. The third-order valence-corrected chi connectivity index (χ3v) is 3.21. The summed E-state index contributed by atoms with van der Waals surface area (Å²) < 4.78 is 13.1. The fourth-order valence-corrected chi connectivity index (χ4v) is 2.05. The van der Waals surface area contributed by atoms with E-state index in [-0.39, 0.29) is 11.1 Å². The minimum Gasteiger partial charge on any atom is -0.387 e. The van der Waals surface area contributed by atoms with Crippen LogP contribution in [0.3, 0.4) is 0 Å². The molecule has 0 saturated heterocycles. The van der Waals surface area contributed by atoms with Gasteiger partial charge in [-0.25, -0.2) is 4.39 Å². The second-order valence-corrected chi connectivity index (χ2v) is 4.41. The second-order valence-electron chi connectivity index (χ2n) is 3.86. The van der Waals surface area contributed by atoms with E-state index in [1.54, 1.807) is 12.1 Å². The van der Waals surface area contributed by atoms with Crippen LogP contribution in [0.5, 0.6) is 0 Å². The molecule has 17 heavy (non-hydrogen) atoms. The van der Waals surface area contributed by atoms with Crippen LogP contribution in [0.25, 0.3) is 0 Å². The fourth-order valence-electron chi connectivity index (χ4n) is 1.71. The predicted molar refractivity (Wildman–Crippen MR) is 69.5 cm³/mol. The van der Waals surface area contributed by atoms with Gasteiger partial charge < -0.3 is 5.11 Å². The molecule has 0 saturated carbocycles. The number of thiol groups is 1. The number of rotatable bonds is 3. The van der Waals surface area contributed by atoms with E-state index in [1.807, 2.05) is 30.3 Å². The Morgan fingerprint density at radius 3 is 2.24 bits per heavy atom. The first kappa shape index (κ1) is 12.1. The van der Waals surface area contributed by atoms with Crippen molar-refractivity contribution < 1.29 is 9.50 Å². The van der Waals surface area contributed by atoms with Crippen molar-refractivity contribution >= 4 is 12.6 Å². The molecule has 0 amide bonds.